The number of hydrogen-bond donors (Lipinski definition) is 1. The summed E-state index contributed by atoms with van der Waals surface area (Å²) < 4.78 is 25.3. The minimum atomic E-state index is -0.322. The molecule has 15 nitrogen and oxygen atoms in total. The lowest BCUT2D eigenvalue weighted by atomic mass is 10.2. The maximum Gasteiger partial charge on any atom is 0.316 e. The van der Waals surface area contributed by atoms with Crippen molar-refractivity contribution in [3.05, 3.63) is 145 Å². The molecule has 0 bridgehead atoms. The van der Waals surface area contributed by atoms with Crippen molar-refractivity contribution in [3.8, 4) is 22.9 Å². The molecule has 1 N–H and O–H groups in total. The number of hydrogen-bond acceptors (Lipinski definition) is 15. The van der Waals surface area contributed by atoms with Crippen molar-refractivity contribution in [1.82, 2.24) is 39.5 Å². The standard InChI is InChI=1S/2C21H18N4O3S.C2H6O/c2*1-27-19(26)14-29-21-24-23-18(25(21)16-9-3-2-4-10-16)13-28-17-11-5-7-15-8-6-12-22-20(15)17;1-2-3/h2*2-12H,13-14H2,1H3;3H,2H2,1H3. The number of pyridine rings is 2. The van der Waals surface area contributed by atoms with Gasteiger partial charge in [-0.2, -0.15) is 0 Å². The number of methoxy groups -OCH3 is 2. The first-order valence-electron chi connectivity index (χ1n) is 18.9. The van der Waals surface area contributed by atoms with E-state index in [1.54, 1.807) is 19.3 Å². The van der Waals surface area contributed by atoms with Crippen LogP contribution < -0.4 is 9.47 Å². The number of fused-ring (bicyclic) bond motifs is 2. The lowest BCUT2D eigenvalue weighted by molar-refractivity contribution is -0.138. The van der Waals surface area contributed by atoms with E-state index in [1.807, 2.05) is 130 Å². The Bertz CT molecular complexity index is 2450. The Kier molecular flexibility index (Phi) is 16.2. The van der Waals surface area contributed by atoms with Crippen molar-refractivity contribution >= 4 is 57.3 Å². The molecule has 8 aromatic rings. The zero-order valence-corrected chi connectivity index (χ0v) is 35.2. The number of aliphatic hydroxyl groups is 1. The summed E-state index contributed by atoms with van der Waals surface area (Å²) in [6.07, 6.45) is 3.48. The average Bonchev–Trinajstić information content (AvgIpc) is 3.93. The van der Waals surface area contributed by atoms with Crippen LogP contribution in [-0.2, 0) is 32.3 Å². The largest absolute Gasteiger partial charge is 0.483 e. The van der Waals surface area contributed by atoms with Crippen LogP contribution in [0.3, 0.4) is 0 Å². The summed E-state index contributed by atoms with van der Waals surface area (Å²) in [5.41, 5.74) is 3.36. The number of carbonyl (C=O) groups is 2. The fourth-order valence-electron chi connectivity index (χ4n) is 5.68. The summed E-state index contributed by atoms with van der Waals surface area (Å²) >= 11 is 2.53. The minimum absolute atomic E-state index is 0.148. The van der Waals surface area contributed by atoms with Crippen LogP contribution >= 0.6 is 23.5 Å². The molecule has 4 heterocycles. The van der Waals surface area contributed by atoms with Crippen molar-refractivity contribution in [3.63, 3.8) is 0 Å². The molecular weight excluding hydrogens is 817 g/mol. The third-order valence-electron chi connectivity index (χ3n) is 8.43. The van der Waals surface area contributed by atoms with Gasteiger partial charge in [-0.05, 0) is 55.5 Å². The summed E-state index contributed by atoms with van der Waals surface area (Å²) in [6.45, 7) is 2.34. The molecule has 312 valence electrons. The number of thioether (sulfide) groups is 2. The van der Waals surface area contributed by atoms with Gasteiger partial charge >= 0.3 is 11.9 Å². The Hall–Kier alpha value is -6.82. The second-order valence-corrected chi connectivity index (χ2v) is 14.3. The van der Waals surface area contributed by atoms with Gasteiger partial charge in [-0.25, -0.2) is 0 Å². The van der Waals surface area contributed by atoms with Crippen molar-refractivity contribution in [2.45, 2.75) is 30.5 Å². The lowest BCUT2D eigenvalue weighted by Gasteiger charge is -2.11. The molecule has 0 atom stereocenters. The number of rotatable bonds is 14. The van der Waals surface area contributed by atoms with E-state index >= 15 is 0 Å². The van der Waals surface area contributed by atoms with Gasteiger partial charge in [-0.3, -0.25) is 28.7 Å². The first kappa shape index (κ1) is 43.8. The van der Waals surface area contributed by atoms with Gasteiger partial charge < -0.3 is 24.1 Å². The summed E-state index contributed by atoms with van der Waals surface area (Å²) in [6, 6.07) is 38.8. The van der Waals surface area contributed by atoms with Gasteiger partial charge in [0.2, 0.25) is 0 Å². The zero-order chi connectivity index (χ0) is 42.8. The Balaban J connectivity index is 0.000000192. The predicted octanol–water partition coefficient (Wildman–Crippen LogP) is 7.32. The van der Waals surface area contributed by atoms with Gasteiger partial charge in [-0.1, -0.05) is 96.3 Å². The van der Waals surface area contributed by atoms with Crippen LogP contribution in [0.25, 0.3) is 33.2 Å². The number of aliphatic hydroxyl groups excluding tert-OH is 1. The predicted molar refractivity (Wildman–Crippen MR) is 233 cm³/mol. The molecule has 0 saturated heterocycles. The molecule has 8 rings (SSSR count). The van der Waals surface area contributed by atoms with Gasteiger partial charge in [0.25, 0.3) is 0 Å². The number of carbonyl (C=O) groups excluding carboxylic acids is 2. The summed E-state index contributed by atoms with van der Waals surface area (Å²) in [5, 5.41) is 27.8. The number of ether oxygens (including phenoxy) is 4. The van der Waals surface area contributed by atoms with E-state index in [0.717, 1.165) is 33.2 Å². The highest BCUT2D eigenvalue weighted by Crippen LogP contribution is 2.28. The molecule has 17 heteroatoms. The van der Waals surface area contributed by atoms with E-state index in [9.17, 15) is 9.59 Å². The van der Waals surface area contributed by atoms with E-state index in [1.165, 1.54) is 37.7 Å². The molecule has 0 aliphatic rings. The molecule has 0 saturated carbocycles. The zero-order valence-electron chi connectivity index (χ0n) is 33.5. The maximum atomic E-state index is 11.5. The van der Waals surface area contributed by atoms with Crippen molar-refractivity contribution < 1.29 is 33.6 Å². The van der Waals surface area contributed by atoms with Gasteiger partial charge in [0.05, 0.1) is 25.7 Å². The fraction of sp³-hybridized carbons (Fsp3) is 0.182. The van der Waals surface area contributed by atoms with Gasteiger partial charge in [-0.15, -0.1) is 20.4 Å². The maximum absolute atomic E-state index is 11.5. The average molecular weight is 859 g/mol. The van der Waals surface area contributed by atoms with Crippen LogP contribution in [-0.4, -0.2) is 88.9 Å². The Labute approximate surface area is 360 Å². The smallest absolute Gasteiger partial charge is 0.316 e. The molecule has 0 radical (unpaired) electrons. The number of aromatic nitrogens is 8. The molecule has 61 heavy (non-hydrogen) atoms. The van der Waals surface area contributed by atoms with Crippen LogP contribution in [0.2, 0.25) is 0 Å². The Morgan fingerprint density at radius 1 is 0.557 bits per heavy atom. The molecule has 0 aliphatic carbocycles. The SMILES string of the molecule is CCO.COC(=O)CSc1nnc(COc2cccc3cccnc23)n1-c1ccccc1.COC(=O)CSc1nnc(COc2cccc3cccnc23)n1-c1ccccc1. The van der Waals surface area contributed by atoms with E-state index < -0.39 is 0 Å². The van der Waals surface area contributed by atoms with Crippen molar-refractivity contribution in [2.75, 3.05) is 32.3 Å². The van der Waals surface area contributed by atoms with Crippen LogP contribution in [0, 0.1) is 0 Å². The second kappa shape index (κ2) is 22.5. The van der Waals surface area contributed by atoms with Crippen LogP contribution in [0.5, 0.6) is 11.5 Å². The molecule has 0 fully saturated rings. The fourth-order valence-corrected chi connectivity index (χ4v) is 7.29. The third-order valence-corrected chi connectivity index (χ3v) is 10.2. The van der Waals surface area contributed by atoms with Crippen LogP contribution in [0.4, 0.5) is 0 Å². The normalized spacial score (nSPS) is 10.6. The molecule has 0 spiro atoms. The number of benzene rings is 4. The van der Waals surface area contributed by atoms with E-state index in [-0.39, 0.29) is 43.3 Å². The third kappa shape index (κ3) is 11.7. The highest BCUT2D eigenvalue weighted by atomic mass is 32.2. The molecule has 0 unspecified atom stereocenters. The molecule has 0 aliphatic heterocycles. The minimum Gasteiger partial charge on any atom is -0.483 e. The lowest BCUT2D eigenvalue weighted by Crippen LogP contribution is -2.08. The quantitative estimate of drug-likeness (QED) is 0.0849. The number of esters is 2. The molecule has 4 aromatic heterocycles. The van der Waals surface area contributed by atoms with Crippen LogP contribution in [0.1, 0.15) is 18.6 Å². The first-order valence-corrected chi connectivity index (χ1v) is 20.8. The molecule has 4 aromatic carbocycles. The number of nitrogens with zero attached hydrogens (tertiary/aromatic N) is 8. The van der Waals surface area contributed by atoms with Crippen LogP contribution in [0.15, 0.2) is 144 Å². The number of para-hydroxylation sites is 4. The van der Waals surface area contributed by atoms with E-state index in [0.29, 0.717) is 33.5 Å². The van der Waals surface area contributed by atoms with Gasteiger partial charge in [0.1, 0.15) is 35.7 Å². The topological polar surface area (TPSA) is 178 Å². The monoisotopic (exact) mass is 858 g/mol. The van der Waals surface area contributed by atoms with E-state index in [4.69, 9.17) is 24.1 Å². The van der Waals surface area contributed by atoms with Gasteiger partial charge in [0.15, 0.2) is 22.0 Å². The summed E-state index contributed by atoms with van der Waals surface area (Å²) in [5.74, 6) is 2.25. The highest BCUT2D eigenvalue weighted by molar-refractivity contribution is 8.00. The van der Waals surface area contributed by atoms with E-state index in [2.05, 4.69) is 30.4 Å². The molecule has 0 amide bonds. The Morgan fingerprint density at radius 2 is 0.951 bits per heavy atom. The first-order chi connectivity index (χ1) is 29.9. The van der Waals surface area contributed by atoms with Crippen molar-refractivity contribution in [1.29, 1.82) is 0 Å². The summed E-state index contributed by atoms with van der Waals surface area (Å²) in [4.78, 5) is 31.9. The Morgan fingerprint density at radius 3 is 1.34 bits per heavy atom. The van der Waals surface area contributed by atoms with Crippen molar-refractivity contribution in [2.24, 2.45) is 0 Å². The summed E-state index contributed by atoms with van der Waals surface area (Å²) in [7, 11) is 2.73. The second-order valence-electron chi connectivity index (χ2n) is 12.4. The van der Waals surface area contributed by atoms with Gasteiger partial charge in [0, 0.05) is 41.1 Å². The highest BCUT2D eigenvalue weighted by Gasteiger charge is 2.19. The molecular formula is C44H42N8O7S2.